The van der Waals surface area contributed by atoms with Crippen LogP contribution in [-0.4, -0.2) is 63.1 Å². The maximum atomic E-state index is 12.1. The van der Waals surface area contributed by atoms with Gasteiger partial charge in [0.15, 0.2) is 18.3 Å². The molecule has 0 bridgehead atoms. The number of ether oxygens (including phenoxy) is 1. The first-order valence-electron chi connectivity index (χ1n) is 8.95. The van der Waals surface area contributed by atoms with E-state index in [-0.39, 0.29) is 24.1 Å². The molecular weight excluding hydrogens is 382 g/mol. The molecule has 0 aromatic carbocycles. The van der Waals surface area contributed by atoms with E-state index in [1.807, 2.05) is 0 Å². The van der Waals surface area contributed by atoms with Gasteiger partial charge in [-0.2, -0.15) is 4.98 Å². The Balaban J connectivity index is 1.96. The third-order valence-corrected chi connectivity index (χ3v) is 4.35. The summed E-state index contributed by atoms with van der Waals surface area (Å²) in [6.45, 7) is 0.541. The molecular formula is C17H25N7O5. The summed E-state index contributed by atoms with van der Waals surface area (Å²) in [6, 6.07) is 0.514. The van der Waals surface area contributed by atoms with E-state index in [0.717, 1.165) is 4.57 Å². The zero-order valence-electron chi connectivity index (χ0n) is 15.9. The minimum Gasteiger partial charge on any atom is -0.479 e. The Hall–Kier alpha value is -3.41. The average molecular weight is 407 g/mol. The van der Waals surface area contributed by atoms with Crippen molar-refractivity contribution in [3.05, 3.63) is 34.9 Å². The molecule has 7 N–H and O–H groups in total. The molecule has 2 rings (SSSR count). The Bertz CT molecular complexity index is 853. The molecule has 3 unspecified atom stereocenters. The molecule has 1 aliphatic heterocycles. The summed E-state index contributed by atoms with van der Waals surface area (Å²) < 4.78 is 6.59. The number of unbranched alkanes of at least 4 members (excludes halogenated alkanes) is 1. The molecule has 1 aromatic heterocycles. The SMILES string of the molecule is CN(CCCCC(=O)NC1C=CC(n2ccc(N)nc2=O)OC1C(=O)O)C(=N)N. The summed E-state index contributed by atoms with van der Waals surface area (Å²) in [7, 11) is 1.68. The summed E-state index contributed by atoms with van der Waals surface area (Å²) in [5.41, 5.74) is 10.1. The van der Waals surface area contributed by atoms with Gasteiger partial charge < -0.3 is 31.5 Å². The standard InChI is InChI=1S/C17H25N7O5/c1-23(16(19)20)8-3-2-4-12(25)21-10-5-6-13(29-14(10)15(26)27)24-9-7-11(18)22-17(24)28/h5-7,9-10,13-14H,2-4,8H2,1H3,(H3,19,20)(H,21,25)(H,26,27)(H2,18,22,28). The number of hydrogen-bond donors (Lipinski definition) is 5. The lowest BCUT2D eigenvalue weighted by atomic mass is 10.1. The molecule has 29 heavy (non-hydrogen) atoms. The number of carboxylic acids is 1. The van der Waals surface area contributed by atoms with Crippen LogP contribution >= 0.6 is 0 Å². The van der Waals surface area contributed by atoms with E-state index in [9.17, 15) is 19.5 Å². The number of aliphatic carboxylic acids is 1. The van der Waals surface area contributed by atoms with Gasteiger partial charge in [0.05, 0.1) is 6.04 Å². The molecule has 0 aliphatic carbocycles. The van der Waals surface area contributed by atoms with E-state index in [0.29, 0.717) is 19.4 Å². The van der Waals surface area contributed by atoms with Crippen molar-refractivity contribution in [2.75, 3.05) is 19.3 Å². The van der Waals surface area contributed by atoms with Gasteiger partial charge in [-0.3, -0.25) is 14.8 Å². The van der Waals surface area contributed by atoms with Gasteiger partial charge in [0.2, 0.25) is 5.91 Å². The Kier molecular flexibility index (Phi) is 7.31. The number of anilines is 1. The number of carbonyl (C=O) groups is 2. The van der Waals surface area contributed by atoms with Crippen molar-refractivity contribution in [3.63, 3.8) is 0 Å². The minimum absolute atomic E-state index is 0.0421. The topological polar surface area (TPSA) is 190 Å². The molecule has 0 fully saturated rings. The first kappa shape index (κ1) is 21.9. The van der Waals surface area contributed by atoms with Crippen LogP contribution in [0, 0.1) is 5.41 Å². The van der Waals surface area contributed by atoms with Crippen LogP contribution in [0.15, 0.2) is 29.2 Å². The van der Waals surface area contributed by atoms with Crippen LogP contribution in [0.3, 0.4) is 0 Å². The lowest BCUT2D eigenvalue weighted by molar-refractivity contribution is -0.159. The second-order valence-corrected chi connectivity index (χ2v) is 6.57. The van der Waals surface area contributed by atoms with Gasteiger partial charge in [-0.05, 0) is 25.0 Å². The van der Waals surface area contributed by atoms with E-state index in [1.165, 1.54) is 24.4 Å². The number of amides is 1. The fraction of sp³-hybridized carbons (Fsp3) is 0.471. The first-order valence-corrected chi connectivity index (χ1v) is 8.95. The van der Waals surface area contributed by atoms with Crippen LogP contribution in [0.1, 0.15) is 25.5 Å². The van der Waals surface area contributed by atoms with Gasteiger partial charge in [0, 0.05) is 26.2 Å². The van der Waals surface area contributed by atoms with Crippen molar-refractivity contribution in [1.29, 1.82) is 5.41 Å². The lowest BCUT2D eigenvalue weighted by Crippen LogP contribution is -2.50. The van der Waals surface area contributed by atoms with Crippen LogP contribution in [0.2, 0.25) is 0 Å². The number of rotatable bonds is 8. The fourth-order valence-electron chi connectivity index (χ4n) is 2.72. The Morgan fingerprint density at radius 2 is 2.14 bits per heavy atom. The number of nitrogens with one attached hydrogen (secondary N) is 2. The molecule has 0 saturated carbocycles. The third kappa shape index (κ3) is 6.04. The fourth-order valence-corrected chi connectivity index (χ4v) is 2.72. The predicted molar refractivity (Wildman–Crippen MR) is 104 cm³/mol. The molecule has 1 aromatic rings. The number of nitrogen functional groups attached to an aromatic ring is 1. The van der Waals surface area contributed by atoms with E-state index in [1.54, 1.807) is 11.9 Å². The molecule has 0 radical (unpaired) electrons. The number of aromatic nitrogens is 2. The van der Waals surface area contributed by atoms with E-state index in [2.05, 4.69) is 10.3 Å². The van der Waals surface area contributed by atoms with Gasteiger partial charge in [-0.15, -0.1) is 0 Å². The zero-order chi connectivity index (χ0) is 21.6. The van der Waals surface area contributed by atoms with Crippen molar-refractivity contribution in [2.45, 2.75) is 37.6 Å². The van der Waals surface area contributed by atoms with Gasteiger partial charge in [0.25, 0.3) is 0 Å². The zero-order valence-corrected chi connectivity index (χ0v) is 15.9. The molecule has 0 spiro atoms. The Labute approximate surface area is 166 Å². The predicted octanol–water partition coefficient (Wildman–Crippen LogP) is -1.16. The van der Waals surface area contributed by atoms with E-state index >= 15 is 0 Å². The lowest BCUT2D eigenvalue weighted by Gasteiger charge is -2.30. The number of nitrogens with zero attached hydrogens (tertiary/aromatic N) is 3. The van der Waals surface area contributed by atoms with Crippen LogP contribution in [0.4, 0.5) is 5.82 Å². The van der Waals surface area contributed by atoms with Crippen molar-refractivity contribution >= 4 is 23.7 Å². The third-order valence-electron chi connectivity index (χ3n) is 4.35. The summed E-state index contributed by atoms with van der Waals surface area (Å²) in [5, 5.41) is 19.3. The Morgan fingerprint density at radius 1 is 1.41 bits per heavy atom. The summed E-state index contributed by atoms with van der Waals surface area (Å²) in [6.07, 6.45) is 3.35. The molecule has 12 heteroatoms. The summed E-state index contributed by atoms with van der Waals surface area (Å²) in [5.74, 6) is -1.61. The summed E-state index contributed by atoms with van der Waals surface area (Å²) >= 11 is 0. The molecule has 3 atom stereocenters. The maximum Gasteiger partial charge on any atom is 0.351 e. The van der Waals surface area contributed by atoms with Gasteiger partial charge in [0.1, 0.15) is 5.82 Å². The van der Waals surface area contributed by atoms with Crippen molar-refractivity contribution in [1.82, 2.24) is 19.8 Å². The molecule has 1 aliphatic rings. The number of carboxylic acid groups (broad SMARTS) is 1. The molecule has 1 amide bonds. The van der Waals surface area contributed by atoms with Crippen LogP contribution in [-0.2, 0) is 14.3 Å². The molecule has 12 nitrogen and oxygen atoms in total. The van der Waals surface area contributed by atoms with Crippen LogP contribution in [0.25, 0.3) is 0 Å². The van der Waals surface area contributed by atoms with Crippen molar-refractivity contribution in [3.8, 4) is 0 Å². The van der Waals surface area contributed by atoms with Gasteiger partial charge >= 0.3 is 11.7 Å². The highest BCUT2D eigenvalue weighted by Crippen LogP contribution is 2.20. The normalized spacial score (nSPS) is 20.8. The first-order chi connectivity index (χ1) is 13.7. The van der Waals surface area contributed by atoms with Gasteiger partial charge in [-0.1, -0.05) is 6.08 Å². The average Bonchev–Trinajstić information content (AvgIpc) is 2.65. The summed E-state index contributed by atoms with van der Waals surface area (Å²) in [4.78, 5) is 40.8. The second kappa shape index (κ2) is 9.68. The number of hydrogen-bond acceptors (Lipinski definition) is 7. The second-order valence-electron chi connectivity index (χ2n) is 6.57. The highest BCUT2D eigenvalue weighted by atomic mass is 16.5. The highest BCUT2D eigenvalue weighted by Gasteiger charge is 2.34. The Morgan fingerprint density at radius 3 is 2.76 bits per heavy atom. The van der Waals surface area contributed by atoms with Crippen LogP contribution < -0.4 is 22.5 Å². The molecule has 158 valence electrons. The van der Waals surface area contributed by atoms with Gasteiger partial charge in [-0.25, -0.2) is 9.59 Å². The highest BCUT2D eigenvalue weighted by molar-refractivity contribution is 5.79. The monoisotopic (exact) mass is 407 g/mol. The van der Waals surface area contributed by atoms with Crippen molar-refractivity contribution in [2.24, 2.45) is 5.73 Å². The molecule has 2 heterocycles. The quantitative estimate of drug-likeness (QED) is 0.153. The van der Waals surface area contributed by atoms with E-state index < -0.39 is 30.0 Å². The number of guanidine groups is 1. The smallest absolute Gasteiger partial charge is 0.351 e. The maximum absolute atomic E-state index is 12.1. The van der Waals surface area contributed by atoms with Crippen LogP contribution in [0.5, 0.6) is 0 Å². The largest absolute Gasteiger partial charge is 0.479 e. The van der Waals surface area contributed by atoms with E-state index in [4.69, 9.17) is 21.6 Å². The minimum atomic E-state index is -1.37. The molecule has 0 saturated heterocycles. The van der Waals surface area contributed by atoms with Crippen molar-refractivity contribution < 1.29 is 19.4 Å². The number of carbonyl (C=O) groups excluding carboxylic acids is 1. The number of nitrogens with two attached hydrogens (primary N) is 2.